The van der Waals surface area contributed by atoms with Gasteiger partial charge in [0.15, 0.2) is 0 Å². The highest BCUT2D eigenvalue weighted by Gasteiger charge is 2.38. The Labute approximate surface area is 171 Å². The van der Waals surface area contributed by atoms with Gasteiger partial charge in [-0.25, -0.2) is 0 Å². The minimum absolute atomic E-state index is 0.0864. The molecule has 3 heteroatoms. The molecule has 3 nitrogen and oxygen atoms in total. The number of nitrogens with one attached hydrogen (secondary N) is 2. The normalized spacial score (nSPS) is 22.0. The van der Waals surface area contributed by atoms with Crippen molar-refractivity contribution >= 4 is 28.1 Å². The molecule has 5 rings (SSSR count). The Morgan fingerprint density at radius 2 is 1.93 bits per heavy atom. The average molecular weight is 383 g/mol. The standard InChI is InChI=1S/C26H26N2O/c1-2-7-25(29)27-18-14-15-24-23(16-18)20-11-6-13-22(20)26(28-24)21-12-5-9-17-8-3-4-10-19(17)21/h3-6,8-12,14-16,20,22,26,28H,2,7,13H2,1H3,(H,27,29). The van der Waals surface area contributed by atoms with E-state index in [1.807, 2.05) is 13.0 Å². The van der Waals surface area contributed by atoms with Gasteiger partial charge >= 0.3 is 0 Å². The fourth-order valence-electron chi connectivity index (χ4n) is 4.95. The van der Waals surface area contributed by atoms with E-state index in [0.717, 1.165) is 18.5 Å². The van der Waals surface area contributed by atoms with Gasteiger partial charge in [-0.05, 0) is 58.9 Å². The lowest BCUT2D eigenvalue weighted by Gasteiger charge is -2.38. The SMILES string of the molecule is CCCC(=O)Nc1ccc2c(c1)C1C=CCC1C(c1cccc3ccccc13)N2. The zero-order chi connectivity index (χ0) is 19.8. The van der Waals surface area contributed by atoms with E-state index in [1.54, 1.807) is 0 Å². The van der Waals surface area contributed by atoms with Crippen LogP contribution in [0.2, 0.25) is 0 Å². The molecule has 3 unspecified atom stereocenters. The van der Waals surface area contributed by atoms with E-state index in [9.17, 15) is 4.79 Å². The summed E-state index contributed by atoms with van der Waals surface area (Å²) in [6, 6.07) is 21.8. The van der Waals surface area contributed by atoms with Gasteiger partial charge in [-0.15, -0.1) is 0 Å². The third-order valence-electron chi connectivity index (χ3n) is 6.28. The summed E-state index contributed by atoms with van der Waals surface area (Å²) in [7, 11) is 0. The number of fused-ring (bicyclic) bond motifs is 4. The molecule has 0 saturated carbocycles. The summed E-state index contributed by atoms with van der Waals surface area (Å²) >= 11 is 0. The van der Waals surface area contributed by atoms with E-state index in [1.165, 1.54) is 27.6 Å². The molecule has 0 fully saturated rings. The van der Waals surface area contributed by atoms with E-state index in [0.29, 0.717) is 18.3 Å². The molecule has 2 aliphatic rings. The van der Waals surface area contributed by atoms with Gasteiger partial charge < -0.3 is 10.6 Å². The number of allylic oxidation sites excluding steroid dienone is 2. The molecule has 0 radical (unpaired) electrons. The Balaban J connectivity index is 1.53. The molecule has 0 aromatic heterocycles. The van der Waals surface area contributed by atoms with Crippen LogP contribution in [0.4, 0.5) is 11.4 Å². The summed E-state index contributed by atoms with van der Waals surface area (Å²) in [5, 5.41) is 9.49. The summed E-state index contributed by atoms with van der Waals surface area (Å²) in [5.74, 6) is 0.941. The van der Waals surface area contributed by atoms with Crippen LogP contribution < -0.4 is 10.6 Å². The Morgan fingerprint density at radius 1 is 1.07 bits per heavy atom. The number of anilines is 2. The zero-order valence-corrected chi connectivity index (χ0v) is 16.7. The van der Waals surface area contributed by atoms with Crippen molar-refractivity contribution in [1.82, 2.24) is 0 Å². The third-order valence-corrected chi connectivity index (χ3v) is 6.28. The number of carbonyl (C=O) groups excluding carboxylic acids is 1. The van der Waals surface area contributed by atoms with Crippen molar-refractivity contribution in [3.8, 4) is 0 Å². The summed E-state index contributed by atoms with van der Waals surface area (Å²) in [6.45, 7) is 2.03. The largest absolute Gasteiger partial charge is 0.378 e. The molecule has 3 atom stereocenters. The molecule has 2 N–H and O–H groups in total. The average Bonchev–Trinajstić information content (AvgIpc) is 3.23. The summed E-state index contributed by atoms with van der Waals surface area (Å²) in [6.07, 6.45) is 7.15. The molecule has 1 aliphatic heterocycles. The monoisotopic (exact) mass is 382 g/mol. The van der Waals surface area contributed by atoms with Gasteiger partial charge in [0.2, 0.25) is 5.91 Å². The van der Waals surface area contributed by atoms with Gasteiger partial charge in [-0.3, -0.25) is 4.79 Å². The van der Waals surface area contributed by atoms with Gasteiger partial charge in [-0.1, -0.05) is 61.5 Å². The smallest absolute Gasteiger partial charge is 0.224 e. The summed E-state index contributed by atoms with van der Waals surface area (Å²) < 4.78 is 0. The van der Waals surface area contributed by atoms with Crippen LogP contribution in [0, 0.1) is 5.92 Å². The van der Waals surface area contributed by atoms with E-state index < -0.39 is 0 Å². The lowest BCUT2D eigenvalue weighted by Crippen LogP contribution is -2.29. The highest BCUT2D eigenvalue weighted by atomic mass is 16.1. The lowest BCUT2D eigenvalue weighted by atomic mass is 9.76. The number of hydrogen-bond acceptors (Lipinski definition) is 2. The van der Waals surface area contributed by atoms with Crippen molar-refractivity contribution in [2.24, 2.45) is 5.92 Å². The van der Waals surface area contributed by atoms with Crippen molar-refractivity contribution in [2.75, 3.05) is 10.6 Å². The van der Waals surface area contributed by atoms with Crippen LogP contribution in [0.25, 0.3) is 10.8 Å². The minimum Gasteiger partial charge on any atom is -0.378 e. The van der Waals surface area contributed by atoms with E-state index >= 15 is 0 Å². The van der Waals surface area contributed by atoms with Crippen LogP contribution in [-0.2, 0) is 4.79 Å². The van der Waals surface area contributed by atoms with Gasteiger partial charge in [-0.2, -0.15) is 0 Å². The van der Waals surface area contributed by atoms with E-state index in [2.05, 4.69) is 77.4 Å². The number of carbonyl (C=O) groups is 1. The quantitative estimate of drug-likeness (QED) is 0.512. The molecule has 0 spiro atoms. The first-order valence-corrected chi connectivity index (χ1v) is 10.6. The molecule has 1 aliphatic carbocycles. The summed E-state index contributed by atoms with van der Waals surface area (Å²) in [5.41, 5.74) is 4.72. The van der Waals surface area contributed by atoms with Crippen molar-refractivity contribution in [3.63, 3.8) is 0 Å². The summed E-state index contributed by atoms with van der Waals surface area (Å²) in [4.78, 5) is 12.0. The Bertz CT molecular complexity index is 1100. The third kappa shape index (κ3) is 3.21. The second-order valence-electron chi connectivity index (χ2n) is 8.14. The molecular weight excluding hydrogens is 356 g/mol. The van der Waals surface area contributed by atoms with Crippen molar-refractivity contribution in [1.29, 1.82) is 0 Å². The number of hydrogen-bond donors (Lipinski definition) is 2. The number of benzene rings is 3. The fourth-order valence-corrected chi connectivity index (χ4v) is 4.95. The van der Waals surface area contributed by atoms with Crippen molar-refractivity contribution < 1.29 is 4.79 Å². The first kappa shape index (κ1) is 18.0. The van der Waals surface area contributed by atoms with E-state index in [-0.39, 0.29) is 11.9 Å². The number of amides is 1. The molecule has 0 bridgehead atoms. The first-order chi connectivity index (χ1) is 14.2. The first-order valence-electron chi connectivity index (χ1n) is 10.6. The predicted octanol–water partition coefficient (Wildman–Crippen LogP) is 6.40. The van der Waals surface area contributed by atoms with Crippen LogP contribution in [0.5, 0.6) is 0 Å². The molecule has 3 aromatic rings. The highest BCUT2D eigenvalue weighted by Crippen LogP contribution is 2.51. The molecule has 1 heterocycles. The van der Waals surface area contributed by atoms with Crippen LogP contribution in [0.1, 0.15) is 49.3 Å². The predicted molar refractivity (Wildman–Crippen MR) is 120 cm³/mol. The second-order valence-corrected chi connectivity index (χ2v) is 8.14. The maximum atomic E-state index is 12.0. The van der Waals surface area contributed by atoms with Gasteiger partial charge in [0.25, 0.3) is 0 Å². The van der Waals surface area contributed by atoms with Crippen LogP contribution in [-0.4, -0.2) is 5.91 Å². The van der Waals surface area contributed by atoms with Gasteiger partial charge in [0.1, 0.15) is 0 Å². The molecule has 146 valence electrons. The highest BCUT2D eigenvalue weighted by molar-refractivity contribution is 5.91. The van der Waals surface area contributed by atoms with Crippen molar-refractivity contribution in [3.05, 3.63) is 83.9 Å². The Morgan fingerprint density at radius 3 is 2.83 bits per heavy atom. The van der Waals surface area contributed by atoms with Crippen LogP contribution in [0.3, 0.4) is 0 Å². The molecular formula is C26H26N2O. The Hall–Kier alpha value is -3.07. The molecule has 29 heavy (non-hydrogen) atoms. The van der Waals surface area contributed by atoms with E-state index in [4.69, 9.17) is 0 Å². The maximum absolute atomic E-state index is 12.0. The second kappa shape index (κ2) is 7.40. The molecule has 1 amide bonds. The number of rotatable bonds is 4. The molecule has 0 saturated heterocycles. The Kier molecular flexibility index (Phi) is 4.59. The van der Waals surface area contributed by atoms with Crippen LogP contribution >= 0.6 is 0 Å². The van der Waals surface area contributed by atoms with Gasteiger partial charge in [0.05, 0.1) is 6.04 Å². The minimum atomic E-state index is 0.0864. The van der Waals surface area contributed by atoms with Crippen molar-refractivity contribution in [2.45, 2.75) is 38.1 Å². The molecule has 3 aromatic carbocycles. The topological polar surface area (TPSA) is 41.1 Å². The fraction of sp³-hybridized carbons (Fsp3) is 0.269. The lowest BCUT2D eigenvalue weighted by molar-refractivity contribution is -0.116. The van der Waals surface area contributed by atoms with Crippen LogP contribution in [0.15, 0.2) is 72.8 Å². The zero-order valence-electron chi connectivity index (χ0n) is 16.7. The maximum Gasteiger partial charge on any atom is 0.224 e. The van der Waals surface area contributed by atoms with Gasteiger partial charge in [0, 0.05) is 23.7 Å².